The molecule has 3 rings (SSSR count). The van der Waals surface area contributed by atoms with Crippen LogP contribution in [0, 0.1) is 5.92 Å². The van der Waals surface area contributed by atoms with E-state index in [4.69, 9.17) is 14.2 Å². The standard InChI is InChI=1S/C20H28N4O4.ClH/c1-12(13-6-17(26-3)19(28-5)18(7-13)27-4)23-20(25)16-10-21-9-15(16)14-8-22-24(2)11-14;/h6-8,11-12,15-16,21H,9-10H2,1-5H3,(H,23,25);1H/t12?,15-,16+;/m1./s1. The maximum Gasteiger partial charge on any atom is 0.225 e. The second-order valence-electron chi connectivity index (χ2n) is 7.01. The minimum absolute atomic E-state index is 0. The number of aryl methyl sites for hydroxylation is 1. The molecule has 2 aromatic rings. The van der Waals surface area contributed by atoms with E-state index in [0.717, 1.165) is 17.7 Å². The molecule has 3 atom stereocenters. The molecule has 8 nitrogen and oxygen atoms in total. The van der Waals surface area contributed by atoms with Gasteiger partial charge in [0.15, 0.2) is 11.5 Å². The van der Waals surface area contributed by atoms with E-state index in [-0.39, 0.29) is 36.2 Å². The summed E-state index contributed by atoms with van der Waals surface area (Å²) in [6, 6.07) is 3.51. The molecule has 1 unspecified atom stereocenters. The first-order valence-electron chi connectivity index (χ1n) is 9.28. The van der Waals surface area contributed by atoms with E-state index >= 15 is 0 Å². The van der Waals surface area contributed by atoms with Gasteiger partial charge in [0.25, 0.3) is 0 Å². The topological polar surface area (TPSA) is 86.6 Å². The van der Waals surface area contributed by atoms with Crippen molar-refractivity contribution in [1.82, 2.24) is 20.4 Å². The number of ether oxygens (including phenoxy) is 3. The molecule has 29 heavy (non-hydrogen) atoms. The molecule has 1 aliphatic rings. The van der Waals surface area contributed by atoms with Crippen LogP contribution in [-0.2, 0) is 11.8 Å². The van der Waals surface area contributed by atoms with Gasteiger partial charge in [0.1, 0.15) is 0 Å². The largest absolute Gasteiger partial charge is 0.493 e. The molecule has 0 bridgehead atoms. The van der Waals surface area contributed by atoms with Crippen LogP contribution in [0.25, 0.3) is 0 Å². The average Bonchev–Trinajstić information content (AvgIpc) is 3.35. The molecule has 1 saturated heterocycles. The predicted molar refractivity (Wildman–Crippen MR) is 112 cm³/mol. The second-order valence-corrected chi connectivity index (χ2v) is 7.01. The highest BCUT2D eigenvalue weighted by Crippen LogP contribution is 2.39. The molecule has 1 aromatic carbocycles. The van der Waals surface area contributed by atoms with Crippen LogP contribution < -0.4 is 24.8 Å². The molecule has 2 N–H and O–H groups in total. The Morgan fingerprint density at radius 3 is 2.38 bits per heavy atom. The van der Waals surface area contributed by atoms with E-state index in [1.807, 2.05) is 38.5 Å². The Hall–Kier alpha value is -2.45. The van der Waals surface area contributed by atoms with E-state index in [1.165, 1.54) is 0 Å². The van der Waals surface area contributed by atoms with Crippen molar-refractivity contribution in [2.75, 3.05) is 34.4 Å². The summed E-state index contributed by atoms with van der Waals surface area (Å²) in [5, 5.41) is 10.7. The Labute approximate surface area is 177 Å². The number of carbonyl (C=O) groups excluding carboxylic acids is 1. The maximum atomic E-state index is 13.0. The van der Waals surface area contributed by atoms with Crippen LogP contribution in [0.4, 0.5) is 0 Å². The first-order chi connectivity index (χ1) is 13.5. The molecule has 1 aliphatic heterocycles. The Morgan fingerprint density at radius 2 is 1.86 bits per heavy atom. The number of aromatic nitrogens is 2. The van der Waals surface area contributed by atoms with Crippen LogP contribution in [0.1, 0.15) is 30.0 Å². The van der Waals surface area contributed by atoms with Crippen molar-refractivity contribution < 1.29 is 19.0 Å². The summed E-state index contributed by atoms with van der Waals surface area (Å²) in [6.07, 6.45) is 3.81. The summed E-state index contributed by atoms with van der Waals surface area (Å²) in [7, 11) is 6.60. The van der Waals surface area contributed by atoms with Crippen LogP contribution in [-0.4, -0.2) is 50.1 Å². The fourth-order valence-corrected chi connectivity index (χ4v) is 3.69. The van der Waals surface area contributed by atoms with Gasteiger partial charge in [-0.15, -0.1) is 12.4 Å². The third-order valence-corrected chi connectivity index (χ3v) is 5.25. The Bertz CT molecular complexity index is 817. The summed E-state index contributed by atoms with van der Waals surface area (Å²) in [5.74, 6) is 1.64. The third-order valence-electron chi connectivity index (χ3n) is 5.25. The number of amides is 1. The lowest BCUT2D eigenvalue weighted by Gasteiger charge is -2.22. The van der Waals surface area contributed by atoms with Crippen LogP contribution in [0.2, 0.25) is 0 Å². The summed E-state index contributed by atoms with van der Waals surface area (Å²) in [5.41, 5.74) is 1.96. The first kappa shape index (κ1) is 22.8. The first-order valence-corrected chi connectivity index (χ1v) is 9.28. The molecule has 1 aromatic heterocycles. The number of nitrogens with one attached hydrogen (secondary N) is 2. The van der Waals surface area contributed by atoms with Crippen LogP contribution in [0.3, 0.4) is 0 Å². The number of hydrogen-bond acceptors (Lipinski definition) is 6. The fourth-order valence-electron chi connectivity index (χ4n) is 3.69. The lowest BCUT2D eigenvalue weighted by atomic mass is 9.90. The van der Waals surface area contributed by atoms with Crippen LogP contribution >= 0.6 is 12.4 Å². The predicted octanol–water partition coefficient (Wildman–Crippen LogP) is 2.05. The Morgan fingerprint density at radius 1 is 1.21 bits per heavy atom. The molecule has 2 heterocycles. The molecule has 160 valence electrons. The minimum atomic E-state index is -0.212. The zero-order valence-electron chi connectivity index (χ0n) is 17.4. The fraction of sp³-hybridized carbons (Fsp3) is 0.500. The highest BCUT2D eigenvalue weighted by molar-refractivity contribution is 5.85. The summed E-state index contributed by atoms with van der Waals surface area (Å²) >= 11 is 0. The van der Waals surface area contributed by atoms with Crippen molar-refractivity contribution in [2.45, 2.75) is 18.9 Å². The number of benzene rings is 1. The van der Waals surface area contributed by atoms with Crippen molar-refractivity contribution in [3.63, 3.8) is 0 Å². The third kappa shape index (κ3) is 4.76. The quantitative estimate of drug-likeness (QED) is 0.707. The van der Waals surface area contributed by atoms with E-state index < -0.39 is 0 Å². The zero-order valence-corrected chi connectivity index (χ0v) is 18.2. The molecule has 9 heteroatoms. The Kier molecular flexibility index (Phi) is 7.75. The smallest absolute Gasteiger partial charge is 0.225 e. The molecule has 1 fully saturated rings. The maximum absolute atomic E-state index is 13.0. The number of hydrogen-bond donors (Lipinski definition) is 2. The lowest BCUT2D eigenvalue weighted by molar-refractivity contribution is -0.125. The van der Waals surface area contributed by atoms with Gasteiger partial charge in [0.05, 0.1) is 39.5 Å². The average molecular weight is 425 g/mol. The highest BCUT2D eigenvalue weighted by atomic mass is 35.5. The van der Waals surface area contributed by atoms with Gasteiger partial charge < -0.3 is 24.8 Å². The summed E-state index contributed by atoms with van der Waals surface area (Å²) in [6.45, 7) is 3.36. The monoisotopic (exact) mass is 424 g/mol. The number of nitrogens with zero attached hydrogens (tertiary/aromatic N) is 2. The van der Waals surface area contributed by atoms with E-state index in [9.17, 15) is 4.79 Å². The van der Waals surface area contributed by atoms with Crippen LogP contribution in [0.15, 0.2) is 24.5 Å². The molecule has 0 radical (unpaired) electrons. The van der Waals surface area contributed by atoms with Gasteiger partial charge in [-0.2, -0.15) is 5.10 Å². The van der Waals surface area contributed by atoms with Gasteiger partial charge in [-0.25, -0.2) is 0 Å². The number of carbonyl (C=O) groups is 1. The van der Waals surface area contributed by atoms with Crippen molar-refractivity contribution in [1.29, 1.82) is 0 Å². The van der Waals surface area contributed by atoms with Gasteiger partial charge in [-0.1, -0.05) is 0 Å². The van der Waals surface area contributed by atoms with E-state index in [0.29, 0.717) is 23.8 Å². The normalized spacial score (nSPS) is 19.2. The minimum Gasteiger partial charge on any atom is -0.493 e. The number of halogens is 1. The molecule has 1 amide bonds. The lowest BCUT2D eigenvalue weighted by Crippen LogP contribution is -2.36. The Balaban J connectivity index is 0.00000300. The molecular formula is C20H29ClN4O4. The second kappa shape index (κ2) is 9.84. The van der Waals surface area contributed by atoms with Crippen LogP contribution in [0.5, 0.6) is 17.2 Å². The van der Waals surface area contributed by atoms with Crippen molar-refractivity contribution >= 4 is 18.3 Å². The summed E-state index contributed by atoms with van der Waals surface area (Å²) < 4.78 is 18.0. The zero-order chi connectivity index (χ0) is 20.3. The highest BCUT2D eigenvalue weighted by Gasteiger charge is 2.35. The van der Waals surface area contributed by atoms with E-state index in [1.54, 1.807) is 26.0 Å². The van der Waals surface area contributed by atoms with Gasteiger partial charge >= 0.3 is 0 Å². The number of rotatable bonds is 7. The van der Waals surface area contributed by atoms with Gasteiger partial charge in [0, 0.05) is 32.3 Å². The van der Waals surface area contributed by atoms with Gasteiger partial charge in [-0.3, -0.25) is 9.48 Å². The van der Waals surface area contributed by atoms with Crippen molar-refractivity contribution in [3.8, 4) is 17.2 Å². The van der Waals surface area contributed by atoms with Crippen molar-refractivity contribution in [2.24, 2.45) is 13.0 Å². The van der Waals surface area contributed by atoms with E-state index in [2.05, 4.69) is 15.7 Å². The SMILES string of the molecule is COc1cc(C(C)NC(=O)[C@H]2CNC[C@@H]2c2cnn(C)c2)cc(OC)c1OC.Cl. The van der Waals surface area contributed by atoms with Gasteiger partial charge in [0.2, 0.25) is 11.7 Å². The molecular weight excluding hydrogens is 396 g/mol. The molecule has 0 spiro atoms. The van der Waals surface area contributed by atoms with Gasteiger partial charge in [-0.05, 0) is 30.2 Å². The van der Waals surface area contributed by atoms with Crippen molar-refractivity contribution in [3.05, 3.63) is 35.7 Å². The summed E-state index contributed by atoms with van der Waals surface area (Å²) in [4.78, 5) is 13.0. The molecule has 0 aliphatic carbocycles. The number of methoxy groups -OCH3 is 3. The molecule has 0 saturated carbocycles.